The smallest absolute Gasteiger partial charge is 0.306 e. The summed E-state index contributed by atoms with van der Waals surface area (Å²) < 4.78 is 17.1. The molecule has 0 radical (unpaired) electrons. The molecule has 0 saturated carbocycles. The lowest BCUT2D eigenvalue weighted by atomic mass is 10.0. The van der Waals surface area contributed by atoms with Gasteiger partial charge in [-0.05, 0) is 44.9 Å². The Morgan fingerprint density at radius 1 is 0.229 bits per heavy atom. The Kier molecular flexibility index (Phi) is 71.0. The number of carbonyl (C=O) groups is 3. The van der Waals surface area contributed by atoms with E-state index >= 15 is 0 Å². The molecule has 1 atom stereocenters. The van der Waals surface area contributed by atoms with Crippen LogP contribution < -0.4 is 0 Å². The normalized spacial score (nSPS) is 12.0. The molecule has 1 unspecified atom stereocenters. The average molecular weight is 1170 g/mol. The largest absolute Gasteiger partial charge is 0.462 e. The highest BCUT2D eigenvalue weighted by molar-refractivity contribution is 5.71. The maximum atomic E-state index is 13.0. The highest BCUT2D eigenvalue weighted by Gasteiger charge is 2.20. The SMILES string of the molecule is CCCCCCCCC/C=C\CCCCCCCCCC(=O)OCC(COC(=O)CCCCCCCCCCCCCCCCCCCCCCCCCC)OC(=O)CCCCCCCCCCCCCCCCCCCCCCCCC. The molecular formula is C77H148O6. The van der Waals surface area contributed by atoms with Crippen molar-refractivity contribution in [1.29, 1.82) is 0 Å². The number of rotatable bonds is 72. The molecule has 0 bridgehead atoms. The Hall–Kier alpha value is -1.85. The number of carbonyl (C=O) groups excluding carboxylic acids is 3. The van der Waals surface area contributed by atoms with Gasteiger partial charge in [0.2, 0.25) is 0 Å². The van der Waals surface area contributed by atoms with Gasteiger partial charge in [0, 0.05) is 19.3 Å². The summed E-state index contributed by atoms with van der Waals surface area (Å²) in [6.07, 6.45) is 88.3. The van der Waals surface area contributed by atoms with E-state index in [-0.39, 0.29) is 31.1 Å². The van der Waals surface area contributed by atoms with Crippen molar-refractivity contribution in [3.8, 4) is 0 Å². The van der Waals surface area contributed by atoms with E-state index < -0.39 is 6.10 Å². The molecule has 6 heteroatoms. The first-order valence-electron chi connectivity index (χ1n) is 38.2. The Bertz CT molecular complexity index is 1300. The first-order chi connectivity index (χ1) is 41.0. The summed E-state index contributed by atoms with van der Waals surface area (Å²) in [6, 6.07) is 0. The lowest BCUT2D eigenvalue weighted by Crippen LogP contribution is -2.30. The molecule has 0 aromatic heterocycles. The van der Waals surface area contributed by atoms with Crippen molar-refractivity contribution in [3.05, 3.63) is 12.2 Å². The van der Waals surface area contributed by atoms with Crippen LogP contribution in [0.2, 0.25) is 0 Å². The quantitative estimate of drug-likeness (QED) is 0.0261. The van der Waals surface area contributed by atoms with Crippen LogP contribution in [-0.4, -0.2) is 37.2 Å². The van der Waals surface area contributed by atoms with Gasteiger partial charge in [-0.25, -0.2) is 0 Å². The molecule has 0 spiro atoms. The Morgan fingerprint density at radius 3 is 0.602 bits per heavy atom. The van der Waals surface area contributed by atoms with Gasteiger partial charge in [-0.3, -0.25) is 14.4 Å². The zero-order valence-electron chi connectivity index (χ0n) is 56.8. The van der Waals surface area contributed by atoms with Crippen LogP contribution in [0.15, 0.2) is 12.2 Å². The van der Waals surface area contributed by atoms with Crippen LogP contribution in [0.3, 0.4) is 0 Å². The summed E-state index contributed by atoms with van der Waals surface area (Å²) in [5.74, 6) is -0.827. The zero-order valence-corrected chi connectivity index (χ0v) is 56.8. The summed E-state index contributed by atoms with van der Waals surface area (Å²) >= 11 is 0. The maximum absolute atomic E-state index is 13.0. The topological polar surface area (TPSA) is 78.9 Å². The number of hydrogen-bond acceptors (Lipinski definition) is 6. The van der Waals surface area contributed by atoms with Crippen LogP contribution in [0.4, 0.5) is 0 Å². The molecule has 492 valence electrons. The number of ether oxygens (including phenoxy) is 3. The molecule has 0 aliphatic heterocycles. The van der Waals surface area contributed by atoms with E-state index in [1.807, 2.05) is 0 Å². The number of esters is 3. The van der Waals surface area contributed by atoms with Gasteiger partial charge in [-0.1, -0.05) is 392 Å². The first-order valence-corrected chi connectivity index (χ1v) is 38.2. The van der Waals surface area contributed by atoms with E-state index in [0.717, 1.165) is 57.8 Å². The van der Waals surface area contributed by atoms with Crippen LogP contribution in [-0.2, 0) is 28.6 Å². The molecule has 0 fully saturated rings. The van der Waals surface area contributed by atoms with E-state index in [2.05, 4.69) is 32.9 Å². The van der Waals surface area contributed by atoms with Crippen LogP contribution in [0.5, 0.6) is 0 Å². The molecule has 0 aromatic carbocycles. The first kappa shape index (κ1) is 81.2. The third kappa shape index (κ3) is 70.8. The van der Waals surface area contributed by atoms with E-state index in [9.17, 15) is 14.4 Å². The van der Waals surface area contributed by atoms with Crippen LogP contribution in [0.25, 0.3) is 0 Å². The van der Waals surface area contributed by atoms with Crippen LogP contribution in [0.1, 0.15) is 445 Å². The monoisotopic (exact) mass is 1170 g/mol. The molecular weight excluding hydrogens is 1020 g/mol. The molecule has 6 nitrogen and oxygen atoms in total. The summed E-state index contributed by atoms with van der Waals surface area (Å²) in [5, 5.41) is 0. The molecule has 83 heavy (non-hydrogen) atoms. The number of allylic oxidation sites excluding steroid dienone is 2. The summed E-state index contributed by atoms with van der Waals surface area (Å²) in [5.41, 5.74) is 0. The van der Waals surface area contributed by atoms with Gasteiger partial charge in [0.05, 0.1) is 0 Å². The van der Waals surface area contributed by atoms with Gasteiger partial charge in [0.1, 0.15) is 13.2 Å². The van der Waals surface area contributed by atoms with Gasteiger partial charge < -0.3 is 14.2 Å². The van der Waals surface area contributed by atoms with Gasteiger partial charge in [0.25, 0.3) is 0 Å². The van der Waals surface area contributed by atoms with Crippen molar-refractivity contribution in [3.63, 3.8) is 0 Å². The minimum absolute atomic E-state index is 0.0638. The summed E-state index contributed by atoms with van der Waals surface area (Å²) in [6.45, 7) is 6.74. The lowest BCUT2D eigenvalue weighted by molar-refractivity contribution is -0.167. The van der Waals surface area contributed by atoms with Gasteiger partial charge in [-0.15, -0.1) is 0 Å². The number of unbranched alkanes of at least 4 members (excludes halogenated alkanes) is 59. The summed E-state index contributed by atoms with van der Waals surface area (Å²) in [4.78, 5) is 38.6. The van der Waals surface area contributed by atoms with Crippen LogP contribution in [0, 0.1) is 0 Å². The third-order valence-corrected chi connectivity index (χ3v) is 17.8. The molecule has 0 aromatic rings. The van der Waals surface area contributed by atoms with E-state index in [4.69, 9.17) is 14.2 Å². The minimum Gasteiger partial charge on any atom is -0.462 e. The lowest BCUT2D eigenvalue weighted by Gasteiger charge is -2.18. The van der Waals surface area contributed by atoms with E-state index in [0.29, 0.717) is 19.3 Å². The van der Waals surface area contributed by atoms with E-state index in [1.54, 1.807) is 0 Å². The van der Waals surface area contributed by atoms with Gasteiger partial charge in [-0.2, -0.15) is 0 Å². The van der Waals surface area contributed by atoms with E-state index in [1.165, 1.54) is 347 Å². The highest BCUT2D eigenvalue weighted by atomic mass is 16.6. The van der Waals surface area contributed by atoms with Gasteiger partial charge in [0.15, 0.2) is 6.10 Å². The minimum atomic E-state index is -0.769. The molecule has 0 aliphatic rings. The predicted octanol–water partition coefficient (Wildman–Crippen LogP) is 26.3. The van der Waals surface area contributed by atoms with Crippen molar-refractivity contribution < 1.29 is 28.6 Å². The standard InChI is InChI=1S/C77H148O6/c1-4-7-10-13-16-19-22-25-28-31-34-36-38-40-41-43-46-49-52-55-58-61-64-67-70-76(79)82-73-74(72-81-75(78)69-66-63-60-57-54-51-48-45-33-30-27-24-21-18-15-12-9-6-3)83-77(80)71-68-65-62-59-56-53-50-47-44-42-39-37-35-32-29-26-23-20-17-14-11-8-5-2/h30,33,74H,4-29,31-32,34-73H2,1-3H3/b33-30-. The second-order valence-corrected chi connectivity index (χ2v) is 26.3. The highest BCUT2D eigenvalue weighted by Crippen LogP contribution is 2.20. The second-order valence-electron chi connectivity index (χ2n) is 26.3. The van der Waals surface area contributed by atoms with Crippen LogP contribution >= 0.6 is 0 Å². The Labute approximate surface area is 520 Å². The summed E-state index contributed by atoms with van der Waals surface area (Å²) in [7, 11) is 0. The molecule has 0 aliphatic carbocycles. The molecule has 0 amide bonds. The predicted molar refractivity (Wildman–Crippen MR) is 363 cm³/mol. The fourth-order valence-electron chi connectivity index (χ4n) is 12.0. The van der Waals surface area contributed by atoms with Crippen molar-refractivity contribution in [2.45, 2.75) is 451 Å². The van der Waals surface area contributed by atoms with Crippen molar-refractivity contribution in [2.24, 2.45) is 0 Å². The molecule has 0 saturated heterocycles. The second kappa shape index (κ2) is 72.6. The number of hydrogen-bond donors (Lipinski definition) is 0. The third-order valence-electron chi connectivity index (χ3n) is 17.8. The van der Waals surface area contributed by atoms with Crippen molar-refractivity contribution in [2.75, 3.05) is 13.2 Å². The average Bonchev–Trinajstić information content (AvgIpc) is 3.50. The molecule has 0 heterocycles. The Balaban J connectivity index is 4.26. The zero-order chi connectivity index (χ0) is 59.9. The fourth-order valence-corrected chi connectivity index (χ4v) is 12.0. The van der Waals surface area contributed by atoms with Crippen molar-refractivity contribution >= 4 is 17.9 Å². The molecule has 0 rings (SSSR count). The fraction of sp³-hybridized carbons (Fsp3) is 0.935. The van der Waals surface area contributed by atoms with Crippen molar-refractivity contribution in [1.82, 2.24) is 0 Å². The maximum Gasteiger partial charge on any atom is 0.306 e. The van der Waals surface area contributed by atoms with Gasteiger partial charge >= 0.3 is 17.9 Å². The Morgan fingerprint density at radius 2 is 0.398 bits per heavy atom. The molecule has 0 N–H and O–H groups in total.